The van der Waals surface area contributed by atoms with Gasteiger partial charge in [0.05, 0.1) is 11.6 Å². The number of hydrogen-bond acceptors (Lipinski definition) is 2. The van der Waals surface area contributed by atoms with Crippen LogP contribution in [0.1, 0.15) is 11.6 Å². The van der Waals surface area contributed by atoms with Crippen molar-refractivity contribution in [2.45, 2.75) is 6.04 Å². The number of pyridine rings is 1. The van der Waals surface area contributed by atoms with Crippen molar-refractivity contribution < 1.29 is 4.79 Å². The van der Waals surface area contributed by atoms with Crippen LogP contribution in [0.3, 0.4) is 0 Å². The lowest BCUT2D eigenvalue weighted by atomic mass is 9.68. The second-order valence-corrected chi connectivity index (χ2v) is 4.55. The van der Waals surface area contributed by atoms with Gasteiger partial charge in [0.1, 0.15) is 0 Å². The van der Waals surface area contributed by atoms with Gasteiger partial charge in [-0.3, -0.25) is 9.78 Å². The van der Waals surface area contributed by atoms with Crippen LogP contribution in [0.15, 0.2) is 60.1 Å². The number of carbonyl (C=O) groups excluding carboxylic acids is 1. The number of nitrogens with one attached hydrogen (secondary N) is 1. The van der Waals surface area contributed by atoms with Gasteiger partial charge >= 0.3 is 0 Å². The van der Waals surface area contributed by atoms with Crippen molar-refractivity contribution >= 4 is 24.6 Å². The Balaban J connectivity index is 2.02. The molecule has 92 valence electrons. The van der Waals surface area contributed by atoms with E-state index >= 15 is 0 Å². The highest BCUT2D eigenvalue weighted by molar-refractivity contribution is 6.52. The van der Waals surface area contributed by atoms with E-state index in [-0.39, 0.29) is 6.04 Å². The summed E-state index contributed by atoms with van der Waals surface area (Å²) in [5.74, 6) is 2.09. The van der Waals surface area contributed by atoms with E-state index in [0.717, 1.165) is 30.2 Å². The zero-order valence-corrected chi connectivity index (χ0v) is 10.4. The fourth-order valence-electron chi connectivity index (χ4n) is 2.43. The van der Waals surface area contributed by atoms with Gasteiger partial charge in [0.2, 0.25) is 6.41 Å². The smallest absolute Gasteiger partial charge is 0.207 e. The third-order valence-corrected chi connectivity index (χ3v) is 3.37. The highest BCUT2D eigenvalue weighted by atomic mass is 16.1. The van der Waals surface area contributed by atoms with Gasteiger partial charge in [0.25, 0.3) is 0 Å². The lowest BCUT2D eigenvalue weighted by Crippen LogP contribution is -2.23. The molecule has 1 atom stereocenters. The standard InChI is InChI=1S/C15H13BN2O/c19-10-18-15(13-4-1-7-16-13)12-6-5-11-3-2-8-17-14(11)9-12/h1-10,15-16H,(H,18,19). The fourth-order valence-corrected chi connectivity index (χ4v) is 2.43. The Kier molecular flexibility index (Phi) is 3.15. The van der Waals surface area contributed by atoms with E-state index in [4.69, 9.17) is 0 Å². The summed E-state index contributed by atoms with van der Waals surface area (Å²) < 4.78 is 0. The van der Waals surface area contributed by atoms with Crippen LogP contribution in [-0.2, 0) is 4.79 Å². The number of aromatic nitrogens is 1. The summed E-state index contributed by atoms with van der Waals surface area (Å²) in [4.78, 5) is 15.2. The minimum Gasteiger partial charge on any atom is -0.349 e. The summed E-state index contributed by atoms with van der Waals surface area (Å²) in [6.45, 7) is 0. The van der Waals surface area contributed by atoms with Crippen LogP contribution < -0.4 is 5.32 Å². The van der Waals surface area contributed by atoms with Crippen molar-refractivity contribution in [1.29, 1.82) is 0 Å². The quantitative estimate of drug-likeness (QED) is 0.662. The van der Waals surface area contributed by atoms with E-state index in [1.165, 1.54) is 5.47 Å². The highest BCUT2D eigenvalue weighted by Gasteiger charge is 2.17. The van der Waals surface area contributed by atoms with Gasteiger partial charge in [-0.05, 0) is 17.7 Å². The summed E-state index contributed by atoms with van der Waals surface area (Å²) in [6, 6.07) is 10.0. The maximum Gasteiger partial charge on any atom is 0.207 e. The Morgan fingerprint density at radius 2 is 2.26 bits per heavy atom. The maximum absolute atomic E-state index is 10.8. The van der Waals surface area contributed by atoms with E-state index in [1.54, 1.807) is 6.20 Å². The van der Waals surface area contributed by atoms with E-state index in [9.17, 15) is 4.79 Å². The summed E-state index contributed by atoms with van der Waals surface area (Å²) >= 11 is 0. The number of fused-ring (bicyclic) bond motifs is 1. The van der Waals surface area contributed by atoms with Crippen molar-refractivity contribution in [3.63, 3.8) is 0 Å². The lowest BCUT2D eigenvalue weighted by molar-refractivity contribution is -0.109. The Morgan fingerprint density at radius 3 is 3.05 bits per heavy atom. The summed E-state index contributed by atoms with van der Waals surface area (Å²) in [5.41, 5.74) is 3.21. The molecule has 4 heteroatoms. The zero-order chi connectivity index (χ0) is 13.1. The molecular formula is C15H13BN2O. The number of allylic oxidation sites excluding steroid dienone is 2. The number of hydrogen-bond donors (Lipinski definition) is 1. The van der Waals surface area contributed by atoms with Crippen LogP contribution in [0.4, 0.5) is 0 Å². The maximum atomic E-state index is 10.8. The molecule has 0 saturated heterocycles. The number of carbonyl (C=O) groups is 1. The molecule has 0 bridgehead atoms. The Bertz CT molecular complexity index is 679. The first kappa shape index (κ1) is 11.7. The predicted molar refractivity (Wildman–Crippen MR) is 78.1 cm³/mol. The third-order valence-electron chi connectivity index (χ3n) is 3.37. The van der Waals surface area contributed by atoms with Crippen LogP contribution in [-0.4, -0.2) is 18.7 Å². The molecule has 1 amide bonds. The first-order valence-electron chi connectivity index (χ1n) is 6.28. The molecule has 0 fully saturated rings. The van der Waals surface area contributed by atoms with Gasteiger partial charge in [0.15, 0.2) is 7.28 Å². The largest absolute Gasteiger partial charge is 0.349 e. The Hall–Kier alpha value is -2.36. The van der Waals surface area contributed by atoms with Crippen molar-refractivity contribution in [3.05, 3.63) is 65.7 Å². The molecule has 1 aromatic heterocycles. The van der Waals surface area contributed by atoms with Crippen LogP contribution in [0.25, 0.3) is 10.9 Å². The molecule has 0 aliphatic carbocycles. The van der Waals surface area contributed by atoms with E-state index < -0.39 is 0 Å². The second kappa shape index (κ2) is 5.10. The highest BCUT2D eigenvalue weighted by Crippen LogP contribution is 2.25. The lowest BCUT2D eigenvalue weighted by Gasteiger charge is -2.18. The molecule has 1 unspecified atom stereocenters. The van der Waals surface area contributed by atoms with Crippen LogP contribution >= 0.6 is 0 Å². The molecule has 19 heavy (non-hydrogen) atoms. The minimum atomic E-state index is -0.0705. The van der Waals surface area contributed by atoms with Gasteiger partial charge in [-0.25, -0.2) is 0 Å². The molecule has 0 radical (unpaired) electrons. The minimum absolute atomic E-state index is 0.0705. The average Bonchev–Trinajstić information content (AvgIpc) is 2.98. The zero-order valence-electron chi connectivity index (χ0n) is 10.4. The van der Waals surface area contributed by atoms with Gasteiger partial charge in [-0.1, -0.05) is 35.8 Å². The molecule has 0 saturated carbocycles. The van der Waals surface area contributed by atoms with Crippen LogP contribution in [0.2, 0.25) is 0 Å². The molecule has 0 spiro atoms. The molecule has 2 heterocycles. The Morgan fingerprint density at radius 1 is 1.32 bits per heavy atom. The summed E-state index contributed by atoms with van der Waals surface area (Å²) in [6.07, 6.45) is 6.62. The monoisotopic (exact) mass is 248 g/mol. The molecular weight excluding hydrogens is 235 g/mol. The molecule has 3 rings (SSSR count). The van der Waals surface area contributed by atoms with Gasteiger partial charge < -0.3 is 5.32 Å². The SMILES string of the molecule is O=CNC(C1=CC=CB1)c1ccc2cccnc2c1. The number of amides is 1. The van der Waals surface area contributed by atoms with E-state index in [1.807, 2.05) is 36.4 Å². The molecule has 1 aromatic carbocycles. The first-order chi connectivity index (χ1) is 9.38. The van der Waals surface area contributed by atoms with Gasteiger partial charge in [0, 0.05) is 11.6 Å². The molecule has 1 aliphatic heterocycles. The summed E-state index contributed by atoms with van der Waals surface area (Å²) in [5, 5.41) is 4.00. The molecule has 1 N–H and O–H groups in total. The molecule has 1 aliphatic rings. The summed E-state index contributed by atoms with van der Waals surface area (Å²) in [7, 11) is 0.881. The topological polar surface area (TPSA) is 42.0 Å². The van der Waals surface area contributed by atoms with E-state index in [0.29, 0.717) is 0 Å². The van der Waals surface area contributed by atoms with Crippen molar-refractivity contribution in [1.82, 2.24) is 10.3 Å². The van der Waals surface area contributed by atoms with Crippen LogP contribution in [0.5, 0.6) is 0 Å². The number of rotatable bonds is 4. The van der Waals surface area contributed by atoms with Gasteiger partial charge in [-0.15, -0.1) is 5.98 Å². The van der Waals surface area contributed by atoms with Crippen molar-refractivity contribution in [2.75, 3.05) is 0 Å². The van der Waals surface area contributed by atoms with Crippen molar-refractivity contribution in [2.24, 2.45) is 0 Å². The second-order valence-electron chi connectivity index (χ2n) is 4.55. The fraction of sp³-hybridized carbons (Fsp3) is 0.0667. The van der Waals surface area contributed by atoms with Crippen molar-refractivity contribution in [3.8, 4) is 0 Å². The Labute approximate surface area is 112 Å². The molecule has 2 aromatic rings. The van der Waals surface area contributed by atoms with E-state index in [2.05, 4.69) is 22.4 Å². The first-order valence-corrected chi connectivity index (χ1v) is 6.28. The number of benzene rings is 1. The van der Waals surface area contributed by atoms with Crippen LogP contribution in [0, 0.1) is 0 Å². The average molecular weight is 248 g/mol. The molecule has 3 nitrogen and oxygen atoms in total. The normalized spacial score (nSPS) is 14.8. The number of nitrogens with zero attached hydrogens (tertiary/aromatic N) is 1. The van der Waals surface area contributed by atoms with Gasteiger partial charge in [-0.2, -0.15) is 0 Å². The third kappa shape index (κ3) is 2.29. The predicted octanol–water partition coefficient (Wildman–Crippen LogP) is 1.87.